The minimum absolute atomic E-state index is 0.0254. The first kappa shape index (κ1) is 26.7. The maximum atomic E-state index is 15.4. The van der Waals surface area contributed by atoms with Crippen molar-refractivity contribution in [3.63, 3.8) is 0 Å². The number of carbonyl (C=O) groups is 1. The van der Waals surface area contributed by atoms with Crippen LogP contribution in [0.2, 0.25) is 0 Å². The average molecular weight is 580 g/mol. The summed E-state index contributed by atoms with van der Waals surface area (Å²) in [6.45, 7) is 7.46. The molecule has 12 heteroatoms. The van der Waals surface area contributed by atoms with E-state index >= 15 is 4.39 Å². The van der Waals surface area contributed by atoms with Crippen molar-refractivity contribution in [3.8, 4) is 11.5 Å². The van der Waals surface area contributed by atoms with Gasteiger partial charge in [-0.15, -0.1) is 0 Å². The minimum atomic E-state index is -0.509. The van der Waals surface area contributed by atoms with Crippen molar-refractivity contribution in [2.45, 2.75) is 25.8 Å². The molecule has 1 N–H and O–H groups in total. The fourth-order valence-electron chi connectivity index (χ4n) is 5.67. The number of ether oxygens (including phenoxy) is 1. The van der Waals surface area contributed by atoms with Crippen molar-refractivity contribution in [1.82, 2.24) is 34.4 Å². The first-order valence-electron chi connectivity index (χ1n) is 14.2. The fourth-order valence-corrected chi connectivity index (χ4v) is 5.67. The van der Waals surface area contributed by atoms with Gasteiger partial charge in [-0.2, -0.15) is 0 Å². The maximum Gasteiger partial charge on any atom is 0.246 e. The van der Waals surface area contributed by atoms with Crippen LogP contribution < -0.4 is 15.0 Å². The zero-order valence-electron chi connectivity index (χ0n) is 23.9. The van der Waals surface area contributed by atoms with Gasteiger partial charge in [0.15, 0.2) is 11.5 Å². The first-order chi connectivity index (χ1) is 20.9. The predicted molar refractivity (Wildman–Crippen MR) is 161 cm³/mol. The number of hydrogen-bond donors (Lipinski definition) is 1. The fraction of sp³-hybridized carbons (Fsp3) is 0.290. The van der Waals surface area contributed by atoms with Crippen LogP contribution in [0.25, 0.3) is 22.2 Å². The van der Waals surface area contributed by atoms with Crippen molar-refractivity contribution >= 4 is 45.4 Å². The molecule has 7 rings (SSSR count). The van der Waals surface area contributed by atoms with E-state index < -0.39 is 5.82 Å². The van der Waals surface area contributed by atoms with E-state index in [0.717, 1.165) is 29.9 Å². The summed E-state index contributed by atoms with van der Waals surface area (Å²) in [6.07, 6.45) is 8.34. The number of fused-ring (bicyclic) bond motifs is 2. The molecule has 5 aromatic rings. The van der Waals surface area contributed by atoms with Gasteiger partial charge in [0.25, 0.3) is 0 Å². The molecule has 1 saturated carbocycles. The third kappa shape index (κ3) is 5.09. The topological polar surface area (TPSA) is 114 Å². The van der Waals surface area contributed by atoms with E-state index in [4.69, 9.17) is 9.72 Å². The van der Waals surface area contributed by atoms with Crippen LogP contribution in [0.1, 0.15) is 18.4 Å². The molecule has 1 saturated heterocycles. The number of anilines is 3. The highest BCUT2D eigenvalue weighted by molar-refractivity contribution is 5.89. The lowest BCUT2D eigenvalue weighted by Crippen LogP contribution is -2.56. The quantitative estimate of drug-likeness (QED) is 0.269. The van der Waals surface area contributed by atoms with Gasteiger partial charge in [0.2, 0.25) is 5.91 Å². The highest BCUT2D eigenvalue weighted by Crippen LogP contribution is 2.38. The van der Waals surface area contributed by atoms with Gasteiger partial charge in [0.05, 0.1) is 29.8 Å². The Labute approximate surface area is 247 Å². The largest absolute Gasteiger partial charge is 0.455 e. The molecule has 2 aliphatic rings. The molecule has 0 spiro atoms. The van der Waals surface area contributed by atoms with Gasteiger partial charge in [-0.3, -0.25) is 4.79 Å². The van der Waals surface area contributed by atoms with E-state index in [9.17, 15) is 4.79 Å². The number of pyridine rings is 2. The second kappa shape index (κ2) is 10.6. The number of rotatable bonds is 7. The number of aromatic nitrogens is 6. The summed E-state index contributed by atoms with van der Waals surface area (Å²) in [5.74, 6) is 1.95. The third-order valence-electron chi connectivity index (χ3n) is 8.11. The van der Waals surface area contributed by atoms with Crippen molar-refractivity contribution < 1.29 is 13.9 Å². The van der Waals surface area contributed by atoms with E-state index in [0.29, 0.717) is 59.4 Å². The van der Waals surface area contributed by atoms with Crippen LogP contribution in [0, 0.1) is 18.7 Å². The molecule has 43 heavy (non-hydrogen) atoms. The number of aryl methyl sites for hydroxylation is 2. The maximum absolute atomic E-state index is 15.4. The lowest BCUT2D eigenvalue weighted by Gasteiger charge is -2.42. The van der Waals surface area contributed by atoms with E-state index in [-0.39, 0.29) is 17.6 Å². The molecule has 1 atom stereocenters. The van der Waals surface area contributed by atoms with E-state index in [2.05, 4.69) is 36.7 Å². The number of nitrogens with zero attached hydrogens (tertiary/aromatic N) is 8. The van der Waals surface area contributed by atoms with Gasteiger partial charge >= 0.3 is 0 Å². The van der Waals surface area contributed by atoms with Crippen LogP contribution in [0.4, 0.5) is 21.7 Å². The standard InChI is InChI=1S/C31H30FN9O2/c1-4-28(42)41-10-9-40(15-25(41)19-5-6-19)27-8-7-22-29(38-27)30(35-16-34-22)37-23-11-18(2)26(13-21(23)32)43-20-12-24-31(33-14-20)39(3)17-36-24/h4,7-8,11-14,16-17,19,25H,1,5-6,9-10,15H2,2-3H3,(H,34,35,37). The highest BCUT2D eigenvalue weighted by atomic mass is 19.1. The molecule has 1 aliphatic carbocycles. The molecule has 218 valence electrons. The molecule has 2 fully saturated rings. The number of benzene rings is 1. The van der Waals surface area contributed by atoms with E-state index in [1.165, 1.54) is 18.5 Å². The lowest BCUT2D eigenvalue weighted by molar-refractivity contribution is -0.129. The molecule has 1 aromatic carbocycles. The molecular formula is C31H30FN9O2. The number of amides is 1. The molecule has 1 aliphatic heterocycles. The Balaban J connectivity index is 1.14. The van der Waals surface area contributed by atoms with Gasteiger partial charge in [-0.25, -0.2) is 29.3 Å². The smallest absolute Gasteiger partial charge is 0.246 e. The summed E-state index contributed by atoms with van der Waals surface area (Å²) in [5.41, 5.74) is 3.54. The molecule has 5 heterocycles. The third-order valence-corrected chi connectivity index (χ3v) is 8.11. The summed E-state index contributed by atoms with van der Waals surface area (Å²) in [6, 6.07) is 8.73. The molecule has 1 unspecified atom stereocenters. The number of halogens is 1. The Morgan fingerprint density at radius 3 is 2.79 bits per heavy atom. The van der Waals surface area contributed by atoms with Crippen LogP contribution in [0.3, 0.4) is 0 Å². The van der Waals surface area contributed by atoms with Crippen LogP contribution in [0.5, 0.6) is 11.5 Å². The summed E-state index contributed by atoms with van der Waals surface area (Å²) in [5, 5.41) is 3.12. The van der Waals surface area contributed by atoms with Crippen molar-refractivity contribution in [3.05, 3.63) is 73.2 Å². The second-order valence-electron chi connectivity index (χ2n) is 11.0. The Morgan fingerprint density at radius 2 is 1.98 bits per heavy atom. The van der Waals surface area contributed by atoms with Crippen molar-refractivity contribution in [1.29, 1.82) is 0 Å². The SMILES string of the molecule is C=CC(=O)N1CCN(c2ccc3ncnc(Nc4cc(C)c(Oc5cnc6c(c5)ncn6C)cc4F)c3n2)CC1C1CC1. The van der Waals surface area contributed by atoms with E-state index in [1.54, 1.807) is 24.7 Å². The summed E-state index contributed by atoms with van der Waals surface area (Å²) >= 11 is 0. The molecule has 11 nitrogen and oxygen atoms in total. The number of nitrogens with one attached hydrogen (secondary N) is 1. The van der Waals surface area contributed by atoms with Gasteiger partial charge in [0, 0.05) is 38.8 Å². The monoisotopic (exact) mass is 579 g/mol. The van der Waals surface area contributed by atoms with Crippen LogP contribution in [0.15, 0.2) is 61.8 Å². The molecule has 4 aromatic heterocycles. The lowest BCUT2D eigenvalue weighted by atomic mass is 10.1. The van der Waals surface area contributed by atoms with Crippen molar-refractivity contribution in [2.24, 2.45) is 13.0 Å². The van der Waals surface area contributed by atoms with E-state index in [1.807, 2.05) is 35.6 Å². The van der Waals surface area contributed by atoms with Crippen molar-refractivity contribution in [2.75, 3.05) is 29.9 Å². The Morgan fingerprint density at radius 1 is 1.12 bits per heavy atom. The zero-order chi connectivity index (χ0) is 29.7. The van der Waals surface area contributed by atoms with Crippen LogP contribution in [-0.4, -0.2) is 66.0 Å². The van der Waals surface area contributed by atoms with Gasteiger partial charge in [-0.1, -0.05) is 6.58 Å². The Hall–Kier alpha value is -5.13. The number of piperazine rings is 1. The van der Waals surface area contributed by atoms with Gasteiger partial charge in [-0.05, 0) is 55.5 Å². The normalized spacial score (nSPS) is 17.0. The predicted octanol–water partition coefficient (Wildman–Crippen LogP) is 4.90. The number of carbonyl (C=O) groups excluding carboxylic acids is 1. The number of imidazole rings is 1. The Bertz CT molecular complexity index is 1890. The molecular weight excluding hydrogens is 549 g/mol. The molecule has 0 bridgehead atoms. The summed E-state index contributed by atoms with van der Waals surface area (Å²) < 4.78 is 23.2. The Kier molecular flexibility index (Phi) is 6.60. The molecule has 1 amide bonds. The van der Waals surface area contributed by atoms with Crippen LogP contribution in [-0.2, 0) is 11.8 Å². The minimum Gasteiger partial charge on any atom is -0.455 e. The van der Waals surface area contributed by atoms with Gasteiger partial charge < -0.3 is 24.4 Å². The highest BCUT2D eigenvalue weighted by Gasteiger charge is 2.40. The zero-order valence-corrected chi connectivity index (χ0v) is 23.9. The molecule has 0 radical (unpaired) electrons. The van der Waals surface area contributed by atoms with Gasteiger partial charge in [0.1, 0.15) is 40.5 Å². The van der Waals surface area contributed by atoms with Crippen LogP contribution >= 0.6 is 0 Å². The number of hydrogen-bond acceptors (Lipinski definition) is 9. The summed E-state index contributed by atoms with van der Waals surface area (Å²) in [7, 11) is 1.87. The first-order valence-corrected chi connectivity index (χ1v) is 14.2. The second-order valence-corrected chi connectivity index (χ2v) is 11.0. The summed E-state index contributed by atoms with van der Waals surface area (Å²) in [4.78, 5) is 39.0. The average Bonchev–Trinajstić information content (AvgIpc) is 3.81.